The zero-order valence-electron chi connectivity index (χ0n) is 17.3. The first kappa shape index (κ1) is 21.9. The lowest BCUT2D eigenvalue weighted by molar-refractivity contribution is -0.137. The Morgan fingerprint density at radius 3 is 2.07 bits per heavy atom. The minimum Gasteiger partial charge on any atom is -0.369 e. The fourth-order valence-electron chi connectivity index (χ4n) is 3.99. The molecule has 0 spiro atoms. The number of piperazine rings is 2. The summed E-state index contributed by atoms with van der Waals surface area (Å²) in [7, 11) is 0. The summed E-state index contributed by atoms with van der Waals surface area (Å²) in [5, 5.41) is 0. The van der Waals surface area contributed by atoms with Gasteiger partial charge < -0.3 is 9.80 Å². The van der Waals surface area contributed by atoms with Gasteiger partial charge in [-0.15, -0.1) is 0 Å². The van der Waals surface area contributed by atoms with Crippen LogP contribution < -0.4 is 4.90 Å². The van der Waals surface area contributed by atoms with E-state index in [4.69, 9.17) is 0 Å². The SMILES string of the molecule is CCC(C)N1CCN(C(=O)CN2CCN(c3ccc(C(F)(F)F)cc3)CC2)CC1. The molecule has 2 fully saturated rings. The number of rotatable bonds is 5. The fourth-order valence-corrected chi connectivity index (χ4v) is 3.99. The maximum absolute atomic E-state index is 12.7. The predicted molar refractivity (Wildman–Crippen MR) is 108 cm³/mol. The van der Waals surface area contributed by atoms with Crippen molar-refractivity contribution >= 4 is 11.6 Å². The molecule has 0 bridgehead atoms. The van der Waals surface area contributed by atoms with Crippen molar-refractivity contribution in [2.24, 2.45) is 0 Å². The average molecular weight is 413 g/mol. The van der Waals surface area contributed by atoms with Gasteiger partial charge in [0.05, 0.1) is 12.1 Å². The Morgan fingerprint density at radius 2 is 1.55 bits per heavy atom. The first-order chi connectivity index (χ1) is 13.8. The molecule has 2 aliphatic heterocycles. The van der Waals surface area contributed by atoms with Gasteiger partial charge in [0.1, 0.15) is 0 Å². The van der Waals surface area contributed by atoms with E-state index in [0.717, 1.165) is 63.5 Å². The summed E-state index contributed by atoms with van der Waals surface area (Å²) in [6.07, 6.45) is -3.19. The quantitative estimate of drug-likeness (QED) is 0.744. The second-order valence-corrected chi connectivity index (χ2v) is 7.98. The van der Waals surface area contributed by atoms with Gasteiger partial charge in [-0.05, 0) is 37.6 Å². The third-order valence-electron chi connectivity index (χ3n) is 6.17. The Bertz CT molecular complexity index is 663. The Kier molecular flexibility index (Phi) is 7.05. The van der Waals surface area contributed by atoms with Gasteiger partial charge in [-0.2, -0.15) is 13.2 Å². The summed E-state index contributed by atoms with van der Waals surface area (Å²) in [6, 6.07) is 5.88. The lowest BCUT2D eigenvalue weighted by atomic mass is 10.1. The molecule has 1 aromatic carbocycles. The van der Waals surface area contributed by atoms with Gasteiger partial charge in [-0.25, -0.2) is 0 Å². The van der Waals surface area contributed by atoms with E-state index in [1.165, 1.54) is 12.1 Å². The van der Waals surface area contributed by atoms with E-state index in [-0.39, 0.29) is 5.91 Å². The average Bonchev–Trinajstić information content (AvgIpc) is 2.73. The number of hydrogen-bond acceptors (Lipinski definition) is 4. The standard InChI is InChI=1S/C21H31F3N4O/c1-3-17(2)26-12-14-28(15-13-26)20(29)16-25-8-10-27(11-9-25)19-6-4-18(5-7-19)21(22,23)24/h4-7,17H,3,8-16H2,1-2H3. The first-order valence-electron chi connectivity index (χ1n) is 10.4. The zero-order chi connectivity index (χ0) is 21.0. The number of benzene rings is 1. The lowest BCUT2D eigenvalue weighted by Crippen LogP contribution is -2.55. The van der Waals surface area contributed by atoms with Gasteiger partial charge in [-0.3, -0.25) is 14.6 Å². The Balaban J connectivity index is 1.43. The van der Waals surface area contributed by atoms with Crippen LogP contribution in [-0.2, 0) is 11.0 Å². The second-order valence-electron chi connectivity index (χ2n) is 7.98. The molecule has 1 aromatic rings. The van der Waals surface area contributed by atoms with Crippen LogP contribution in [0.15, 0.2) is 24.3 Å². The van der Waals surface area contributed by atoms with Gasteiger partial charge in [0.15, 0.2) is 0 Å². The van der Waals surface area contributed by atoms with E-state index in [2.05, 4.69) is 28.5 Å². The Morgan fingerprint density at radius 1 is 0.966 bits per heavy atom. The van der Waals surface area contributed by atoms with Crippen LogP contribution in [0.5, 0.6) is 0 Å². The molecular weight excluding hydrogens is 381 g/mol. The van der Waals surface area contributed by atoms with Crippen LogP contribution in [0, 0.1) is 0 Å². The molecule has 5 nitrogen and oxygen atoms in total. The van der Waals surface area contributed by atoms with E-state index in [9.17, 15) is 18.0 Å². The zero-order valence-corrected chi connectivity index (χ0v) is 17.3. The molecule has 0 aliphatic carbocycles. The van der Waals surface area contributed by atoms with Gasteiger partial charge in [0.2, 0.25) is 5.91 Å². The lowest BCUT2D eigenvalue weighted by Gasteiger charge is -2.40. The molecule has 2 saturated heterocycles. The van der Waals surface area contributed by atoms with Crippen molar-refractivity contribution in [1.29, 1.82) is 0 Å². The van der Waals surface area contributed by atoms with Crippen LogP contribution in [0.2, 0.25) is 0 Å². The maximum atomic E-state index is 12.7. The predicted octanol–water partition coefficient (Wildman–Crippen LogP) is 2.77. The van der Waals surface area contributed by atoms with Gasteiger partial charge in [-0.1, -0.05) is 6.92 Å². The number of carbonyl (C=O) groups is 1. The van der Waals surface area contributed by atoms with Gasteiger partial charge in [0.25, 0.3) is 0 Å². The number of amides is 1. The van der Waals surface area contributed by atoms with Crippen LogP contribution in [0.1, 0.15) is 25.8 Å². The normalized spacial score (nSPS) is 20.7. The molecule has 0 aromatic heterocycles. The minimum absolute atomic E-state index is 0.178. The topological polar surface area (TPSA) is 30.0 Å². The number of hydrogen-bond donors (Lipinski definition) is 0. The van der Waals surface area contributed by atoms with Crippen LogP contribution >= 0.6 is 0 Å². The number of anilines is 1. The molecule has 0 saturated carbocycles. The largest absolute Gasteiger partial charge is 0.416 e. The number of nitrogens with zero attached hydrogens (tertiary/aromatic N) is 4. The van der Waals surface area contributed by atoms with Crippen LogP contribution in [0.4, 0.5) is 18.9 Å². The molecule has 1 atom stereocenters. The van der Waals surface area contributed by atoms with Crippen molar-refractivity contribution < 1.29 is 18.0 Å². The highest BCUT2D eigenvalue weighted by atomic mass is 19.4. The van der Waals surface area contributed by atoms with E-state index in [0.29, 0.717) is 25.7 Å². The van der Waals surface area contributed by atoms with Crippen molar-refractivity contribution in [3.63, 3.8) is 0 Å². The summed E-state index contributed by atoms with van der Waals surface area (Å²) in [4.78, 5) is 21.3. The van der Waals surface area contributed by atoms with Gasteiger partial charge in [0, 0.05) is 64.1 Å². The fraction of sp³-hybridized carbons (Fsp3) is 0.667. The molecular formula is C21H31F3N4O. The molecule has 3 rings (SSSR count). The maximum Gasteiger partial charge on any atom is 0.416 e. The van der Waals surface area contributed by atoms with Crippen LogP contribution in [0.25, 0.3) is 0 Å². The Hall–Kier alpha value is -1.80. The summed E-state index contributed by atoms with van der Waals surface area (Å²) >= 11 is 0. The van der Waals surface area contributed by atoms with Crippen LogP contribution in [-0.4, -0.2) is 85.6 Å². The van der Waals surface area contributed by atoms with Gasteiger partial charge >= 0.3 is 6.18 Å². The number of carbonyl (C=O) groups excluding carboxylic acids is 1. The van der Waals surface area contributed by atoms with Crippen molar-refractivity contribution in [2.75, 3.05) is 63.8 Å². The summed E-state index contributed by atoms with van der Waals surface area (Å²) in [5.74, 6) is 0.178. The molecule has 8 heteroatoms. The number of halogens is 3. The van der Waals surface area contributed by atoms with Crippen LogP contribution in [0.3, 0.4) is 0 Å². The highest BCUT2D eigenvalue weighted by Crippen LogP contribution is 2.30. The molecule has 0 radical (unpaired) electrons. The van der Waals surface area contributed by atoms with E-state index in [1.807, 2.05) is 4.90 Å². The molecule has 0 N–H and O–H groups in total. The summed E-state index contributed by atoms with van der Waals surface area (Å²) < 4.78 is 38.1. The summed E-state index contributed by atoms with van der Waals surface area (Å²) in [6.45, 7) is 11.2. The minimum atomic E-state index is -4.31. The Labute approximate surface area is 171 Å². The highest BCUT2D eigenvalue weighted by molar-refractivity contribution is 5.78. The monoisotopic (exact) mass is 412 g/mol. The van der Waals surface area contributed by atoms with Crippen molar-refractivity contribution in [3.8, 4) is 0 Å². The smallest absolute Gasteiger partial charge is 0.369 e. The van der Waals surface area contributed by atoms with Crippen molar-refractivity contribution in [2.45, 2.75) is 32.5 Å². The molecule has 2 aliphatic rings. The molecule has 2 heterocycles. The number of alkyl halides is 3. The third kappa shape index (κ3) is 5.63. The van der Waals surface area contributed by atoms with E-state index in [1.54, 1.807) is 0 Å². The first-order valence-corrected chi connectivity index (χ1v) is 10.4. The molecule has 1 amide bonds. The van der Waals surface area contributed by atoms with Crippen molar-refractivity contribution in [3.05, 3.63) is 29.8 Å². The molecule has 162 valence electrons. The van der Waals surface area contributed by atoms with E-state index < -0.39 is 11.7 Å². The second kappa shape index (κ2) is 9.34. The van der Waals surface area contributed by atoms with E-state index >= 15 is 0 Å². The highest BCUT2D eigenvalue weighted by Gasteiger charge is 2.30. The third-order valence-corrected chi connectivity index (χ3v) is 6.17. The van der Waals surface area contributed by atoms with Crippen molar-refractivity contribution in [1.82, 2.24) is 14.7 Å². The molecule has 29 heavy (non-hydrogen) atoms. The summed E-state index contributed by atoms with van der Waals surface area (Å²) in [5.41, 5.74) is 0.170. The molecule has 1 unspecified atom stereocenters.